The molecule has 0 aliphatic rings. The van der Waals surface area contributed by atoms with Crippen molar-refractivity contribution < 1.29 is 14.7 Å². The molecule has 126 valence electrons. The summed E-state index contributed by atoms with van der Waals surface area (Å²) in [6, 6.07) is 13.5. The molecule has 1 atom stereocenters. The minimum absolute atomic E-state index is 0.332. The van der Waals surface area contributed by atoms with Crippen LogP contribution in [0.4, 0.5) is 0 Å². The van der Waals surface area contributed by atoms with Crippen molar-refractivity contribution in [2.75, 3.05) is 0 Å². The molecule has 0 aliphatic heterocycles. The van der Waals surface area contributed by atoms with Crippen molar-refractivity contribution in [1.29, 1.82) is 0 Å². The Hall–Kier alpha value is -2.99. The van der Waals surface area contributed by atoms with E-state index in [-0.39, 0.29) is 0 Å². The Kier molecular flexibility index (Phi) is 4.63. The fraction of sp³-hybridized carbons (Fsp3) is 0.105. The van der Waals surface area contributed by atoms with E-state index in [9.17, 15) is 14.7 Å². The minimum atomic E-state index is -1.05. The molecule has 1 amide bonds. The summed E-state index contributed by atoms with van der Waals surface area (Å²) in [7, 11) is 0. The van der Waals surface area contributed by atoms with Crippen molar-refractivity contribution in [2.45, 2.75) is 13.0 Å². The maximum atomic E-state index is 12.5. The first kappa shape index (κ1) is 16.9. The summed E-state index contributed by atoms with van der Waals surface area (Å²) in [6.07, 6.45) is 1.33. The van der Waals surface area contributed by atoms with Crippen LogP contribution in [0.25, 0.3) is 10.2 Å². The van der Waals surface area contributed by atoms with Gasteiger partial charge in [-0.1, -0.05) is 47.2 Å². The van der Waals surface area contributed by atoms with E-state index in [1.54, 1.807) is 18.2 Å². The number of thiazole rings is 1. The zero-order valence-corrected chi connectivity index (χ0v) is 14.4. The summed E-state index contributed by atoms with van der Waals surface area (Å²) >= 11 is 1.28. The number of rotatable bonds is 4. The molecule has 0 bridgehead atoms. The van der Waals surface area contributed by atoms with Crippen LogP contribution in [0.1, 0.15) is 22.0 Å². The van der Waals surface area contributed by atoms with Crippen LogP contribution < -0.4 is 4.80 Å². The van der Waals surface area contributed by atoms with Crippen LogP contribution in [0.5, 0.6) is 0 Å². The van der Waals surface area contributed by atoms with Gasteiger partial charge in [0.15, 0.2) is 10.8 Å². The number of hydrogen-bond donors (Lipinski definition) is 1. The van der Waals surface area contributed by atoms with Gasteiger partial charge in [0, 0.05) is 5.56 Å². The molecule has 0 spiro atoms. The van der Waals surface area contributed by atoms with Crippen LogP contribution in [0.3, 0.4) is 0 Å². The average molecular weight is 352 g/mol. The van der Waals surface area contributed by atoms with Gasteiger partial charge in [0.1, 0.15) is 0 Å². The fourth-order valence-corrected chi connectivity index (χ4v) is 3.56. The number of nitrogens with zero attached hydrogens (tertiary/aromatic N) is 2. The number of carbonyl (C=O) groups excluding carboxylic acids is 1. The Morgan fingerprint density at radius 2 is 1.88 bits per heavy atom. The molecule has 5 nitrogen and oxygen atoms in total. The molecular formula is C19H16N2O3S. The SMILES string of the molecule is C=CC(C(=O)O)n1c(=NC(=O)c2ccc(C)cc2)sc2ccccc21. The summed E-state index contributed by atoms with van der Waals surface area (Å²) < 4.78 is 2.38. The van der Waals surface area contributed by atoms with Gasteiger partial charge in [-0.2, -0.15) is 4.99 Å². The summed E-state index contributed by atoms with van der Waals surface area (Å²) in [5, 5.41) is 9.50. The molecule has 1 aromatic heterocycles. The summed E-state index contributed by atoms with van der Waals surface area (Å²) in [5.41, 5.74) is 2.21. The van der Waals surface area contributed by atoms with Gasteiger partial charge in [-0.25, -0.2) is 4.79 Å². The maximum absolute atomic E-state index is 12.5. The van der Waals surface area contributed by atoms with Crippen LogP contribution in [-0.4, -0.2) is 21.6 Å². The Morgan fingerprint density at radius 3 is 2.52 bits per heavy atom. The number of fused-ring (bicyclic) bond motifs is 1. The number of para-hydroxylation sites is 1. The Morgan fingerprint density at radius 1 is 1.20 bits per heavy atom. The molecule has 3 rings (SSSR count). The molecule has 0 saturated carbocycles. The van der Waals surface area contributed by atoms with Crippen molar-refractivity contribution in [2.24, 2.45) is 4.99 Å². The Balaban J connectivity index is 2.21. The summed E-state index contributed by atoms with van der Waals surface area (Å²) in [4.78, 5) is 28.6. The molecule has 0 radical (unpaired) electrons. The van der Waals surface area contributed by atoms with E-state index in [2.05, 4.69) is 11.6 Å². The van der Waals surface area contributed by atoms with E-state index in [4.69, 9.17) is 0 Å². The van der Waals surface area contributed by atoms with Crippen LogP contribution >= 0.6 is 11.3 Å². The number of benzene rings is 2. The van der Waals surface area contributed by atoms with E-state index in [0.717, 1.165) is 10.3 Å². The number of aliphatic carboxylic acids is 1. The smallest absolute Gasteiger partial charge is 0.330 e. The molecule has 3 aromatic rings. The van der Waals surface area contributed by atoms with Crippen molar-refractivity contribution >= 4 is 33.4 Å². The lowest BCUT2D eigenvalue weighted by atomic mass is 10.1. The normalized spacial score (nSPS) is 12.9. The van der Waals surface area contributed by atoms with Gasteiger partial charge in [-0.05, 0) is 31.2 Å². The first-order valence-electron chi connectivity index (χ1n) is 7.62. The highest BCUT2D eigenvalue weighted by molar-refractivity contribution is 7.16. The second-order valence-electron chi connectivity index (χ2n) is 5.52. The van der Waals surface area contributed by atoms with Gasteiger partial charge in [0.2, 0.25) is 0 Å². The van der Waals surface area contributed by atoms with Gasteiger partial charge in [0.05, 0.1) is 10.2 Å². The van der Waals surface area contributed by atoms with Crippen molar-refractivity contribution in [3.63, 3.8) is 0 Å². The van der Waals surface area contributed by atoms with E-state index in [0.29, 0.717) is 15.9 Å². The first-order valence-corrected chi connectivity index (χ1v) is 8.44. The molecule has 25 heavy (non-hydrogen) atoms. The molecule has 1 unspecified atom stereocenters. The van der Waals surface area contributed by atoms with Gasteiger partial charge in [0.25, 0.3) is 5.91 Å². The number of carbonyl (C=O) groups is 2. The number of aryl methyl sites for hydroxylation is 1. The molecule has 0 fully saturated rings. The highest BCUT2D eigenvalue weighted by Gasteiger charge is 2.20. The van der Waals surface area contributed by atoms with Crippen molar-refractivity contribution in [3.05, 3.63) is 77.1 Å². The topological polar surface area (TPSA) is 71.7 Å². The summed E-state index contributed by atoms with van der Waals surface area (Å²) in [6.45, 7) is 5.55. The molecule has 1 N–H and O–H groups in total. The predicted octanol–water partition coefficient (Wildman–Crippen LogP) is 3.56. The maximum Gasteiger partial charge on any atom is 0.330 e. The highest BCUT2D eigenvalue weighted by Crippen LogP contribution is 2.21. The summed E-state index contributed by atoms with van der Waals surface area (Å²) in [5.74, 6) is -1.46. The second kappa shape index (κ2) is 6.86. The van der Waals surface area contributed by atoms with Crippen molar-refractivity contribution in [1.82, 2.24) is 4.57 Å². The molecule has 0 aliphatic carbocycles. The van der Waals surface area contributed by atoms with Crippen LogP contribution in [0.15, 0.2) is 66.2 Å². The minimum Gasteiger partial charge on any atom is -0.479 e. The van der Waals surface area contributed by atoms with Crippen molar-refractivity contribution in [3.8, 4) is 0 Å². The largest absolute Gasteiger partial charge is 0.479 e. The van der Waals surface area contributed by atoms with Gasteiger partial charge in [-0.15, -0.1) is 6.58 Å². The highest BCUT2D eigenvalue weighted by atomic mass is 32.1. The monoisotopic (exact) mass is 352 g/mol. The zero-order chi connectivity index (χ0) is 18.0. The average Bonchev–Trinajstić information content (AvgIpc) is 2.94. The standard InChI is InChI=1S/C19H16N2O3S/c1-3-14(18(23)24)21-15-6-4-5-7-16(15)25-19(21)20-17(22)13-10-8-12(2)9-11-13/h3-11,14H,1H2,2H3,(H,23,24). The Bertz CT molecular complexity index is 1030. The quantitative estimate of drug-likeness (QED) is 0.730. The number of carboxylic acid groups (broad SMARTS) is 1. The molecule has 1 heterocycles. The van der Waals surface area contributed by atoms with Crippen LogP contribution in [-0.2, 0) is 4.79 Å². The van der Waals surface area contributed by atoms with E-state index in [1.165, 1.54) is 22.0 Å². The van der Waals surface area contributed by atoms with E-state index in [1.807, 2.05) is 37.3 Å². The second-order valence-corrected chi connectivity index (χ2v) is 6.53. The van der Waals surface area contributed by atoms with Crippen LogP contribution in [0.2, 0.25) is 0 Å². The first-order chi connectivity index (χ1) is 12.0. The lowest BCUT2D eigenvalue weighted by Gasteiger charge is -2.10. The third-order valence-corrected chi connectivity index (χ3v) is 4.82. The number of hydrogen-bond acceptors (Lipinski definition) is 3. The number of aromatic nitrogens is 1. The molecule has 6 heteroatoms. The predicted molar refractivity (Wildman–Crippen MR) is 97.8 cm³/mol. The lowest BCUT2D eigenvalue weighted by molar-refractivity contribution is -0.139. The molecular weight excluding hydrogens is 336 g/mol. The molecule has 2 aromatic carbocycles. The third kappa shape index (κ3) is 3.29. The fourth-order valence-electron chi connectivity index (χ4n) is 2.50. The van der Waals surface area contributed by atoms with Gasteiger partial charge < -0.3 is 5.11 Å². The number of carboxylic acids is 1. The van der Waals surface area contributed by atoms with Gasteiger partial charge >= 0.3 is 5.97 Å². The third-order valence-electron chi connectivity index (χ3n) is 3.78. The van der Waals surface area contributed by atoms with Gasteiger partial charge in [-0.3, -0.25) is 9.36 Å². The van der Waals surface area contributed by atoms with E-state index < -0.39 is 17.9 Å². The Labute approximate surface area is 148 Å². The van der Waals surface area contributed by atoms with Crippen LogP contribution in [0, 0.1) is 6.92 Å². The number of amides is 1. The molecule has 0 saturated heterocycles. The van der Waals surface area contributed by atoms with E-state index >= 15 is 0 Å². The zero-order valence-electron chi connectivity index (χ0n) is 13.5. The lowest BCUT2D eigenvalue weighted by Crippen LogP contribution is -2.26.